The molecule has 0 heterocycles. The molecule has 0 saturated carbocycles. The van der Waals surface area contributed by atoms with Crippen molar-refractivity contribution in [3.8, 4) is 0 Å². The smallest absolute Gasteiger partial charge is 0.269 e. The van der Waals surface area contributed by atoms with Gasteiger partial charge in [-0.15, -0.1) is 0 Å². The Labute approximate surface area is 102 Å². The van der Waals surface area contributed by atoms with Gasteiger partial charge in [-0.2, -0.15) is 0 Å². The Hall–Kier alpha value is -1.81. The normalized spacial score (nSPS) is 10.6. The van der Waals surface area contributed by atoms with Crippen molar-refractivity contribution in [1.29, 1.82) is 0 Å². The Bertz CT molecular complexity index is 396. The standard InChI is InChI=1S/C13H18N2O2/c1-14(2)12-8-5-11(6-9-12)7-10-13(16)15(3)17-4/h5-10H,1-4H3/b10-7+. The van der Waals surface area contributed by atoms with Gasteiger partial charge in [-0.3, -0.25) is 9.63 Å². The Morgan fingerprint density at radius 3 is 2.24 bits per heavy atom. The molecule has 0 spiro atoms. The van der Waals surface area contributed by atoms with Gasteiger partial charge in [0.25, 0.3) is 5.91 Å². The SMILES string of the molecule is CON(C)C(=O)/C=C/c1ccc(N(C)C)cc1. The van der Waals surface area contributed by atoms with E-state index >= 15 is 0 Å². The van der Waals surface area contributed by atoms with E-state index in [0.29, 0.717) is 0 Å². The molecule has 0 fully saturated rings. The molecule has 0 aromatic heterocycles. The van der Waals surface area contributed by atoms with Crippen LogP contribution in [-0.2, 0) is 9.63 Å². The first kappa shape index (κ1) is 13.3. The molecular weight excluding hydrogens is 216 g/mol. The summed E-state index contributed by atoms with van der Waals surface area (Å²) in [5.41, 5.74) is 2.11. The Morgan fingerprint density at radius 1 is 1.18 bits per heavy atom. The minimum absolute atomic E-state index is 0.191. The van der Waals surface area contributed by atoms with Gasteiger partial charge >= 0.3 is 0 Å². The van der Waals surface area contributed by atoms with E-state index in [1.165, 1.54) is 18.2 Å². The van der Waals surface area contributed by atoms with Gasteiger partial charge in [0.15, 0.2) is 0 Å². The molecule has 0 atom stereocenters. The Morgan fingerprint density at radius 2 is 1.76 bits per heavy atom. The molecular formula is C13H18N2O2. The summed E-state index contributed by atoms with van der Waals surface area (Å²) in [6.45, 7) is 0. The molecule has 1 aromatic rings. The molecule has 92 valence electrons. The van der Waals surface area contributed by atoms with E-state index in [1.807, 2.05) is 43.3 Å². The van der Waals surface area contributed by atoms with Crippen LogP contribution in [0.25, 0.3) is 6.08 Å². The van der Waals surface area contributed by atoms with Gasteiger partial charge in [0.1, 0.15) is 0 Å². The minimum Gasteiger partial charge on any atom is -0.378 e. The molecule has 17 heavy (non-hydrogen) atoms. The van der Waals surface area contributed by atoms with Crippen LogP contribution in [0.4, 0.5) is 5.69 Å². The van der Waals surface area contributed by atoms with Crippen LogP contribution in [0.2, 0.25) is 0 Å². The maximum absolute atomic E-state index is 11.4. The van der Waals surface area contributed by atoms with Crippen LogP contribution in [0, 0.1) is 0 Å². The van der Waals surface area contributed by atoms with Crippen LogP contribution < -0.4 is 4.90 Å². The van der Waals surface area contributed by atoms with Gasteiger partial charge in [-0.1, -0.05) is 12.1 Å². The number of hydrogen-bond donors (Lipinski definition) is 0. The minimum atomic E-state index is -0.191. The molecule has 0 bridgehead atoms. The second-order valence-electron chi connectivity index (χ2n) is 3.84. The van der Waals surface area contributed by atoms with Crippen molar-refractivity contribution in [2.75, 3.05) is 33.2 Å². The topological polar surface area (TPSA) is 32.8 Å². The molecule has 0 aliphatic carbocycles. The lowest BCUT2D eigenvalue weighted by Crippen LogP contribution is -2.22. The fourth-order valence-corrected chi connectivity index (χ4v) is 1.25. The van der Waals surface area contributed by atoms with Crippen LogP contribution in [0.15, 0.2) is 30.3 Å². The first-order valence-corrected chi connectivity index (χ1v) is 5.32. The fraction of sp³-hybridized carbons (Fsp3) is 0.308. The third-order valence-corrected chi connectivity index (χ3v) is 2.41. The number of anilines is 1. The second kappa shape index (κ2) is 6.06. The highest BCUT2D eigenvalue weighted by atomic mass is 16.7. The Kier molecular flexibility index (Phi) is 4.72. The second-order valence-corrected chi connectivity index (χ2v) is 3.84. The lowest BCUT2D eigenvalue weighted by atomic mass is 10.2. The lowest BCUT2D eigenvalue weighted by molar-refractivity contribution is -0.162. The van der Waals surface area contributed by atoms with Gasteiger partial charge in [0.2, 0.25) is 0 Å². The van der Waals surface area contributed by atoms with E-state index in [4.69, 9.17) is 4.84 Å². The van der Waals surface area contributed by atoms with Crippen LogP contribution in [0.1, 0.15) is 5.56 Å². The average Bonchev–Trinajstić information content (AvgIpc) is 2.35. The number of carbonyl (C=O) groups is 1. The summed E-state index contributed by atoms with van der Waals surface area (Å²) in [6, 6.07) is 7.94. The van der Waals surface area contributed by atoms with Crippen molar-refractivity contribution in [1.82, 2.24) is 5.06 Å². The average molecular weight is 234 g/mol. The maximum Gasteiger partial charge on any atom is 0.269 e. The molecule has 0 unspecified atom stereocenters. The highest BCUT2D eigenvalue weighted by Crippen LogP contribution is 2.13. The van der Waals surface area contributed by atoms with E-state index in [2.05, 4.69) is 0 Å². The molecule has 1 aromatic carbocycles. The zero-order valence-electron chi connectivity index (χ0n) is 10.7. The molecule has 0 aliphatic rings. The van der Waals surface area contributed by atoms with Gasteiger partial charge in [0.05, 0.1) is 7.11 Å². The maximum atomic E-state index is 11.4. The summed E-state index contributed by atoms with van der Waals surface area (Å²) in [4.78, 5) is 18.2. The molecule has 1 rings (SSSR count). The molecule has 4 nitrogen and oxygen atoms in total. The van der Waals surface area contributed by atoms with Crippen molar-refractivity contribution in [3.63, 3.8) is 0 Å². The van der Waals surface area contributed by atoms with E-state index in [1.54, 1.807) is 13.1 Å². The lowest BCUT2D eigenvalue weighted by Gasteiger charge is -2.12. The van der Waals surface area contributed by atoms with Gasteiger partial charge in [0, 0.05) is 32.9 Å². The number of hydrogen-bond acceptors (Lipinski definition) is 3. The number of nitrogens with zero attached hydrogens (tertiary/aromatic N) is 2. The van der Waals surface area contributed by atoms with Gasteiger partial charge in [-0.25, -0.2) is 5.06 Å². The predicted molar refractivity (Wildman–Crippen MR) is 69.6 cm³/mol. The third-order valence-electron chi connectivity index (χ3n) is 2.41. The van der Waals surface area contributed by atoms with Crippen LogP contribution in [0.5, 0.6) is 0 Å². The molecule has 0 N–H and O–H groups in total. The predicted octanol–water partition coefficient (Wildman–Crippen LogP) is 1.79. The van der Waals surface area contributed by atoms with Crippen LogP contribution >= 0.6 is 0 Å². The number of rotatable bonds is 4. The first-order chi connectivity index (χ1) is 8.04. The molecule has 0 aliphatic heterocycles. The number of carbonyl (C=O) groups excluding carboxylic acids is 1. The molecule has 0 radical (unpaired) electrons. The third kappa shape index (κ3) is 3.92. The van der Waals surface area contributed by atoms with Gasteiger partial charge in [-0.05, 0) is 23.8 Å². The molecule has 4 heteroatoms. The quantitative estimate of drug-likeness (QED) is 0.588. The zero-order chi connectivity index (χ0) is 12.8. The van der Waals surface area contributed by atoms with Crippen molar-refractivity contribution >= 4 is 17.7 Å². The van der Waals surface area contributed by atoms with Crippen molar-refractivity contribution in [3.05, 3.63) is 35.9 Å². The van der Waals surface area contributed by atoms with Crippen molar-refractivity contribution in [2.45, 2.75) is 0 Å². The largest absolute Gasteiger partial charge is 0.378 e. The monoisotopic (exact) mass is 234 g/mol. The van der Waals surface area contributed by atoms with E-state index in [-0.39, 0.29) is 5.91 Å². The van der Waals surface area contributed by atoms with Crippen molar-refractivity contribution < 1.29 is 9.63 Å². The number of benzene rings is 1. The number of hydroxylamine groups is 2. The summed E-state index contributed by atoms with van der Waals surface area (Å²) >= 11 is 0. The molecule has 1 amide bonds. The highest BCUT2D eigenvalue weighted by molar-refractivity contribution is 5.90. The first-order valence-electron chi connectivity index (χ1n) is 5.32. The summed E-state index contributed by atoms with van der Waals surface area (Å²) in [6.07, 6.45) is 3.24. The molecule has 0 saturated heterocycles. The number of amides is 1. The fourth-order valence-electron chi connectivity index (χ4n) is 1.25. The highest BCUT2D eigenvalue weighted by Gasteiger charge is 2.01. The van der Waals surface area contributed by atoms with Crippen LogP contribution in [0.3, 0.4) is 0 Å². The zero-order valence-corrected chi connectivity index (χ0v) is 10.7. The van der Waals surface area contributed by atoms with Crippen LogP contribution in [-0.4, -0.2) is 39.2 Å². The summed E-state index contributed by atoms with van der Waals surface area (Å²) in [5.74, 6) is -0.191. The van der Waals surface area contributed by atoms with E-state index in [9.17, 15) is 4.79 Å². The van der Waals surface area contributed by atoms with Crippen molar-refractivity contribution in [2.24, 2.45) is 0 Å². The van der Waals surface area contributed by atoms with E-state index in [0.717, 1.165) is 11.3 Å². The Balaban J connectivity index is 2.69. The summed E-state index contributed by atoms with van der Waals surface area (Å²) in [7, 11) is 7.00. The van der Waals surface area contributed by atoms with Gasteiger partial charge < -0.3 is 4.90 Å². The summed E-state index contributed by atoms with van der Waals surface area (Å²) in [5, 5.41) is 1.17. The summed E-state index contributed by atoms with van der Waals surface area (Å²) < 4.78 is 0. The number of likely N-dealkylation sites (N-methyl/N-ethyl adjacent to an activating group) is 1. The van der Waals surface area contributed by atoms with E-state index < -0.39 is 0 Å².